The zero-order chi connectivity index (χ0) is 12.6. The Morgan fingerprint density at radius 1 is 1.00 bits per heavy atom. The number of hydrogen-bond donors (Lipinski definition) is 2. The maximum Gasteiger partial charge on any atom is 0.0657 e. The predicted molar refractivity (Wildman–Crippen MR) is 67.5 cm³/mol. The number of fused-ring (bicyclic) bond motifs is 3. The summed E-state index contributed by atoms with van der Waals surface area (Å²) in [6.45, 7) is 8.89. The van der Waals surface area contributed by atoms with Gasteiger partial charge >= 0.3 is 0 Å². The summed E-state index contributed by atoms with van der Waals surface area (Å²) in [7, 11) is 0. The van der Waals surface area contributed by atoms with Crippen molar-refractivity contribution in [1.29, 1.82) is 0 Å². The highest BCUT2D eigenvalue weighted by Crippen LogP contribution is 2.73. The van der Waals surface area contributed by atoms with Gasteiger partial charge in [0.2, 0.25) is 0 Å². The van der Waals surface area contributed by atoms with Crippen LogP contribution in [0.3, 0.4) is 0 Å². The third-order valence-corrected chi connectivity index (χ3v) is 6.56. The third kappa shape index (κ3) is 1.34. The first kappa shape index (κ1) is 12.0. The van der Waals surface area contributed by atoms with Crippen LogP contribution in [0.2, 0.25) is 0 Å². The number of aliphatic hydroxyl groups excluding tert-OH is 1. The van der Waals surface area contributed by atoms with Crippen LogP contribution in [-0.2, 0) is 0 Å². The maximum absolute atomic E-state index is 10.7. The molecule has 0 bridgehead atoms. The monoisotopic (exact) mass is 238 g/mol. The molecule has 3 saturated carbocycles. The van der Waals surface area contributed by atoms with Crippen molar-refractivity contribution in [2.45, 2.75) is 65.1 Å². The average molecular weight is 238 g/mol. The van der Waals surface area contributed by atoms with E-state index in [4.69, 9.17) is 0 Å². The van der Waals surface area contributed by atoms with Gasteiger partial charge in [0.05, 0.1) is 11.7 Å². The van der Waals surface area contributed by atoms with Crippen LogP contribution in [0, 0.1) is 28.6 Å². The maximum atomic E-state index is 10.7. The third-order valence-electron chi connectivity index (χ3n) is 6.56. The van der Waals surface area contributed by atoms with Crippen LogP contribution in [0.5, 0.6) is 0 Å². The summed E-state index contributed by atoms with van der Waals surface area (Å²) in [4.78, 5) is 0. The zero-order valence-corrected chi connectivity index (χ0v) is 11.5. The Labute approximate surface area is 104 Å². The summed E-state index contributed by atoms with van der Waals surface area (Å²) < 4.78 is 0. The highest BCUT2D eigenvalue weighted by molar-refractivity contribution is 5.19. The molecular weight excluding hydrogens is 212 g/mol. The molecule has 3 fully saturated rings. The fourth-order valence-corrected chi connectivity index (χ4v) is 5.38. The van der Waals surface area contributed by atoms with E-state index in [0.29, 0.717) is 17.3 Å². The summed E-state index contributed by atoms with van der Waals surface area (Å²) in [5.41, 5.74) is -0.256. The van der Waals surface area contributed by atoms with Crippen LogP contribution in [-0.4, -0.2) is 21.9 Å². The lowest BCUT2D eigenvalue weighted by molar-refractivity contribution is -0.0674. The van der Waals surface area contributed by atoms with Crippen molar-refractivity contribution in [2.75, 3.05) is 0 Å². The van der Waals surface area contributed by atoms with E-state index < -0.39 is 5.60 Å². The highest BCUT2D eigenvalue weighted by Gasteiger charge is 2.71. The first-order valence-corrected chi connectivity index (χ1v) is 7.12. The van der Waals surface area contributed by atoms with Gasteiger partial charge in [0.25, 0.3) is 0 Å². The minimum absolute atomic E-state index is 0.0588. The van der Waals surface area contributed by atoms with Crippen LogP contribution in [0.1, 0.15) is 53.4 Å². The molecule has 3 rings (SSSR count). The van der Waals surface area contributed by atoms with Gasteiger partial charge in [0.15, 0.2) is 0 Å². The van der Waals surface area contributed by atoms with E-state index in [-0.39, 0.29) is 17.4 Å². The Morgan fingerprint density at radius 2 is 1.65 bits per heavy atom. The predicted octanol–water partition coefficient (Wildman–Crippen LogP) is 2.58. The molecule has 0 aliphatic heterocycles. The van der Waals surface area contributed by atoms with Crippen molar-refractivity contribution in [3.8, 4) is 0 Å². The molecule has 2 heteroatoms. The van der Waals surface area contributed by atoms with Gasteiger partial charge in [-0.1, -0.05) is 20.8 Å². The van der Waals surface area contributed by atoms with Gasteiger partial charge in [0, 0.05) is 0 Å². The highest BCUT2D eigenvalue weighted by atomic mass is 16.3. The molecule has 3 aliphatic carbocycles. The Kier molecular flexibility index (Phi) is 2.17. The molecule has 0 unspecified atom stereocenters. The molecule has 98 valence electrons. The molecule has 0 heterocycles. The minimum atomic E-state index is -0.573. The van der Waals surface area contributed by atoms with E-state index in [2.05, 4.69) is 20.8 Å². The van der Waals surface area contributed by atoms with E-state index in [1.54, 1.807) is 0 Å². The summed E-state index contributed by atoms with van der Waals surface area (Å²) in [6.07, 6.45) is 3.68. The Morgan fingerprint density at radius 3 is 2.29 bits per heavy atom. The van der Waals surface area contributed by atoms with Crippen molar-refractivity contribution in [3.63, 3.8) is 0 Å². The zero-order valence-electron chi connectivity index (χ0n) is 11.5. The van der Waals surface area contributed by atoms with E-state index in [9.17, 15) is 10.2 Å². The SMILES string of the molecule is CC1(C)[C@H]2[C@H]1CC[C@@H](O)[C@@]1(C)CC[C@](C)(O)[C@@H]21. The fourth-order valence-electron chi connectivity index (χ4n) is 5.38. The molecular formula is C15H26O2. The Hall–Kier alpha value is -0.0800. The summed E-state index contributed by atoms with van der Waals surface area (Å²) >= 11 is 0. The van der Waals surface area contributed by atoms with Crippen molar-refractivity contribution in [1.82, 2.24) is 0 Å². The molecule has 2 N–H and O–H groups in total. The molecule has 0 spiro atoms. The Bertz CT molecular complexity index is 347. The molecule has 0 aromatic rings. The fraction of sp³-hybridized carbons (Fsp3) is 1.00. The van der Waals surface area contributed by atoms with Gasteiger partial charge in [-0.25, -0.2) is 0 Å². The molecule has 2 nitrogen and oxygen atoms in total. The molecule has 0 saturated heterocycles. The Balaban J connectivity index is 2.03. The lowest BCUT2D eigenvalue weighted by Gasteiger charge is -2.40. The van der Waals surface area contributed by atoms with Crippen LogP contribution in [0.15, 0.2) is 0 Å². The van der Waals surface area contributed by atoms with Crippen LogP contribution in [0.4, 0.5) is 0 Å². The van der Waals surface area contributed by atoms with Gasteiger partial charge in [0.1, 0.15) is 0 Å². The lowest BCUT2D eigenvalue weighted by Crippen LogP contribution is -2.44. The molecule has 0 aromatic carbocycles. The molecule has 17 heavy (non-hydrogen) atoms. The van der Waals surface area contributed by atoms with Gasteiger partial charge < -0.3 is 10.2 Å². The van der Waals surface area contributed by atoms with Crippen LogP contribution < -0.4 is 0 Å². The molecule has 0 radical (unpaired) electrons. The smallest absolute Gasteiger partial charge is 0.0657 e. The second-order valence-corrected chi connectivity index (χ2v) is 7.89. The summed E-state index contributed by atoms with van der Waals surface area (Å²) in [6, 6.07) is 0. The van der Waals surface area contributed by atoms with Gasteiger partial charge in [-0.05, 0) is 61.2 Å². The largest absolute Gasteiger partial charge is 0.393 e. The van der Waals surface area contributed by atoms with Crippen molar-refractivity contribution >= 4 is 0 Å². The van der Waals surface area contributed by atoms with Gasteiger partial charge in [-0.3, -0.25) is 0 Å². The van der Waals surface area contributed by atoms with Crippen molar-refractivity contribution in [2.24, 2.45) is 28.6 Å². The first-order valence-electron chi connectivity index (χ1n) is 7.12. The molecule has 6 atom stereocenters. The van der Waals surface area contributed by atoms with E-state index in [1.807, 2.05) is 6.92 Å². The molecule has 0 amide bonds. The van der Waals surface area contributed by atoms with Crippen LogP contribution in [0.25, 0.3) is 0 Å². The van der Waals surface area contributed by atoms with E-state index in [0.717, 1.165) is 25.7 Å². The quantitative estimate of drug-likeness (QED) is 0.681. The second-order valence-electron chi connectivity index (χ2n) is 7.89. The van der Waals surface area contributed by atoms with Gasteiger partial charge in [-0.15, -0.1) is 0 Å². The number of rotatable bonds is 0. The molecule has 0 aromatic heterocycles. The first-order chi connectivity index (χ1) is 7.71. The molecule has 3 aliphatic rings. The van der Waals surface area contributed by atoms with Crippen molar-refractivity contribution < 1.29 is 10.2 Å². The average Bonchev–Trinajstić information content (AvgIpc) is 2.67. The topological polar surface area (TPSA) is 40.5 Å². The normalized spacial score (nSPS) is 60.4. The number of hydrogen-bond acceptors (Lipinski definition) is 2. The van der Waals surface area contributed by atoms with Crippen LogP contribution >= 0.6 is 0 Å². The van der Waals surface area contributed by atoms with Crippen molar-refractivity contribution in [3.05, 3.63) is 0 Å². The lowest BCUT2D eigenvalue weighted by atomic mass is 9.68. The minimum Gasteiger partial charge on any atom is -0.393 e. The van der Waals surface area contributed by atoms with E-state index in [1.165, 1.54) is 0 Å². The summed E-state index contributed by atoms with van der Waals surface area (Å²) in [5, 5.41) is 21.2. The second kappa shape index (κ2) is 3.08. The van der Waals surface area contributed by atoms with E-state index >= 15 is 0 Å². The van der Waals surface area contributed by atoms with Gasteiger partial charge in [-0.2, -0.15) is 0 Å². The summed E-state index contributed by atoms with van der Waals surface area (Å²) in [5.74, 6) is 1.61. The standard InChI is InChI=1S/C15H26O2/c1-13(2)9-5-6-10(16)14(3)7-8-15(4,17)12(14)11(9)13/h9-12,16-17H,5-8H2,1-4H3/t9-,10-,11+,12+,14-,15+/m1/s1. The number of aliphatic hydroxyl groups is 2.